The van der Waals surface area contributed by atoms with E-state index in [2.05, 4.69) is 67.0 Å². The second kappa shape index (κ2) is 8.83. The molecule has 0 saturated carbocycles. The first-order valence-electron chi connectivity index (χ1n) is 10.1. The molecule has 30 heavy (non-hydrogen) atoms. The minimum atomic E-state index is 0.0796. The number of hydrogen-bond donors (Lipinski definition) is 2. The molecule has 6 nitrogen and oxygen atoms in total. The Bertz CT molecular complexity index is 1090. The average molecular weight is 424 g/mol. The summed E-state index contributed by atoms with van der Waals surface area (Å²) in [5.41, 5.74) is 3.83. The minimum Gasteiger partial charge on any atom is -0.507 e. The van der Waals surface area contributed by atoms with Crippen LogP contribution in [0.5, 0.6) is 5.75 Å². The predicted octanol–water partition coefficient (Wildman–Crippen LogP) is 5.34. The molecule has 2 aromatic carbocycles. The maximum absolute atomic E-state index is 10.4. The van der Waals surface area contributed by atoms with Crippen LogP contribution in [0.15, 0.2) is 47.6 Å². The van der Waals surface area contributed by atoms with Crippen molar-refractivity contribution in [2.24, 2.45) is 5.10 Å². The van der Waals surface area contributed by atoms with Crippen molar-refractivity contribution in [3.8, 4) is 17.1 Å². The third kappa shape index (κ3) is 4.62. The molecule has 158 valence electrons. The van der Waals surface area contributed by atoms with Gasteiger partial charge in [-0.15, -0.1) is 0 Å². The summed E-state index contributed by atoms with van der Waals surface area (Å²) in [4.78, 5) is 2.17. The number of nitrogens with zero attached hydrogens (tertiary/aromatic N) is 4. The maximum atomic E-state index is 10.4. The first kappa shape index (κ1) is 21.8. The molecule has 0 fully saturated rings. The predicted molar refractivity (Wildman–Crippen MR) is 126 cm³/mol. The van der Waals surface area contributed by atoms with Crippen molar-refractivity contribution in [2.75, 3.05) is 18.0 Å². The van der Waals surface area contributed by atoms with Gasteiger partial charge in [-0.1, -0.05) is 45.0 Å². The van der Waals surface area contributed by atoms with Crippen LogP contribution in [0.2, 0.25) is 0 Å². The zero-order chi connectivity index (χ0) is 21.9. The average Bonchev–Trinajstić information content (AvgIpc) is 3.08. The van der Waals surface area contributed by atoms with E-state index in [1.807, 2.05) is 24.3 Å². The molecule has 1 heterocycles. The van der Waals surface area contributed by atoms with Crippen LogP contribution in [-0.2, 0) is 5.41 Å². The van der Waals surface area contributed by atoms with Crippen molar-refractivity contribution >= 4 is 24.1 Å². The van der Waals surface area contributed by atoms with Crippen molar-refractivity contribution in [3.05, 3.63) is 58.4 Å². The Morgan fingerprint density at radius 1 is 1.13 bits per heavy atom. The number of anilines is 1. The first-order chi connectivity index (χ1) is 14.2. The zero-order valence-corrected chi connectivity index (χ0v) is 19.0. The minimum absolute atomic E-state index is 0.0796. The van der Waals surface area contributed by atoms with Crippen LogP contribution in [0.3, 0.4) is 0 Å². The fourth-order valence-corrected chi connectivity index (χ4v) is 3.43. The quantitative estimate of drug-likeness (QED) is 0.415. The lowest BCUT2D eigenvalue weighted by atomic mass is 9.87. The lowest BCUT2D eigenvalue weighted by molar-refractivity contribution is 0.474. The first-order valence-corrected chi connectivity index (χ1v) is 10.6. The van der Waals surface area contributed by atoms with Gasteiger partial charge in [0.1, 0.15) is 5.75 Å². The summed E-state index contributed by atoms with van der Waals surface area (Å²) in [6.07, 6.45) is 1.60. The van der Waals surface area contributed by atoms with E-state index < -0.39 is 0 Å². The van der Waals surface area contributed by atoms with Gasteiger partial charge in [0.15, 0.2) is 5.82 Å². The van der Waals surface area contributed by atoms with Gasteiger partial charge in [0.25, 0.3) is 0 Å². The zero-order valence-electron chi connectivity index (χ0n) is 18.2. The van der Waals surface area contributed by atoms with Crippen LogP contribution < -0.4 is 4.90 Å². The van der Waals surface area contributed by atoms with E-state index in [-0.39, 0.29) is 11.2 Å². The number of rotatable bonds is 6. The van der Waals surface area contributed by atoms with Gasteiger partial charge in [-0.2, -0.15) is 14.9 Å². The molecule has 2 N–H and O–H groups in total. The van der Waals surface area contributed by atoms with Crippen LogP contribution in [0.4, 0.5) is 5.69 Å². The summed E-state index contributed by atoms with van der Waals surface area (Å²) in [5.74, 6) is 0.796. The van der Waals surface area contributed by atoms with Crippen molar-refractivity contribution in [1.82, 2.24) is 14.9 Å². The number of phenolic OH excluding ortho intramolecular Hbond substituents is 1. The standard InChI is InChI=1S/C23H29N5OS/c1-6-27(7-2)19-13-10-17(20(29)14-19)15-24-28-21(25-26-22(28)30)16-8-11-18(12-9-16)23(3,4)5/h8-15,29H,6-7H2,1-5H3,(H,26,30). The van der Waals surface area contributed by atoms with Crippen molar-refractivity contribution in [3.63, 3.8) is 0 Å². The monoisotopic (exact) mass is 423 g/mol. The number of aromatic amines is 1. The largest absolute Gasteiger partial charge is 0.507 e. The van der Waals surface area contributed by atoms with Crippen LogP contribution in [0.25, 0.3) is 11.4 Å². The van der Waals surface area contributed by atoms with Crippen LogP contribution in [-0.4, -0.2) is 39.3 Å². The van der Waals surface area contributed by atoms with Gasteiger partial charge < -0.3 is 10.0 Å². The van der Waals surface area contributed by atoms with Gasteiger partial charge in [-0.25, -0.2) is 5.10 Å². The molecule has 0 saturated heterocycles. The number of phenols is 1. The fourth-order valence-electron chi connectivity index (χ4n) is 3.25. The Kier molecular flexibility index (Phi) is 6.41. The van der Waals surface area contributed by atoms with E-state index in [1.165, 1.54) is 5.56 Å². The molecular formula is C23H29N5OS. The molecule has 0 aliphatic heterocycles. The van der Waals surface area contributed by atoms with E-state index in [1.54, 1.807) is 17.0 Å². The van der Waals surface area contributed by atoms with Gasteiger partial charge >= 0.3 is 0 Å². The Balaban J connectivity index is 1.91. The molecule has 0 amide bonds. The van der Waals surface area contributed by atoms with E-state index >= 15 is 0 Å². The number of aromatic nitrogens is 3. The molecule has 0 spiro atoms. The Morgan fingerprint density at radius 3 is 2.37 bits per heavy atom. The summed E-state index contributed by atoms with van der Waals surface area (Å²) < 4.78 is 1.96. The second-order valence-electron chi connectivity index (χ2n) is 8.15. The molecule has 0 radical (unpaired) electrons. The Hall–Kier alpha value is -2.93. The van der Waals surface area contributed by atoms with E-state index in [9.17, 15) is 5.11 Å². The van der Waals surface area contributed by atoms with Gasteiger partial charge in [-0.3, -0.25) is 0 Å². The summed E-state index contributed by atoms with van der Waals surface area (Å²) in [6.45, 7) is 12.5. The number of benzene rings is 2. The molecule has 1 aromatic heterocycles. The highest BCUT2D eigenvalue weighted by Gasteiger charge is 2.15. The van der Waals surface area contributed by atoms with Crippen molar-refractivity contribution < 1.29 is 5.11 Å². The van der Waals surface area contributed by atoms with Gasteiger partial charge in [0.2, 0.25) is 4.77 Å². The second-order valence-corrected chi connectivity index (χ2v) is 8.54. The summed E-state index contributed by atoms with van der Waals surface area (Å²) in [7, 11) is 0. The molecule has 0 unspecified atom stereocenters. The number of aromatic hydroxyl groups is 1. The topological polar surface area (TPSA) is 69.4 Å². The molecule has 3 aromatic rings. The maximum Gasteiger partial charge on any atom is 0.216 e. The normalized spacial score (nSPS) is 11.9. The molecule has 3 rings (SSSR count). The van der Waals surface area contributed by atoms with Crippen molar-refractivity contribution in [1.29, 1.82) is 0 Å². The van der Waals surface area contributed by atoms with E-state index in [0.717, 1.165) is 24.3 Å². The molecular weight excluding hydrogens is 394 g/mol. The highest BCUT2D eigenvalue weighted by molar-refractivity contribution is 7.71. The van der Waals surface area contributed by atoms with E-state index in [4.69, 9.17) is 12.2 Å². The molecule has 0 bridgehead atoms. The summed E-state index contributed by atoms with van der Waals surface area (Å²) in [5, 5.41) is 22.1. The molecule has 0 aliphatic rings. The number of nitrogens with one attached hydrogen (secondary N) is 1. The van der Waals surface area contributed by atoms with Gasteiger partial charge in [0.05, 0.1) is 6.21 Å². The smallest absolute Gasteiger partial charge is 0.216 e. The highest BCUT2D eigenvalue weighted by Crippen LogP contribution is 2.26. The molecule has 7 heteroatoms. The summed E-state index contributed by atoms with van der Waals surface area (Å²) in [6, 6.07) is 13.8. The Morgan fingerprint density at radius 2 is 1.80 bits per heavy atom. The van der Waals surface area contributed by atoms with Crippen LogP contribution in [0, 0.1) is 4.77 Å². The lowest BCUT2D eigenvalue weighted by Crippen LogP contribution is -2.21. The SMILES string of the molecule is CCN(CC)c1ccc(C=Nn2c(-c3ccc(C(C)(C)C)cc3)n[nH]c2=S)c(O)c1. The molecule has 0 aliphatic carbocycles. The van der Waals surface area contributed by atoms with Gasteiger partial charge in [-0.05, 0) is 49.2 Å². The third-order valence-corrected chi connectivity index (χ3v) is 5.38. The summed E-state index contributed by atoms with van der Waals surface area (Å²) >= 11 is 5.35. The van der Waals surface area contributed by atoms with Gasteiger partial charge in [0, 0.05) is 36.0 Å². The lowest BCUT2D eigenvalue weighted by Gasteiger charge is -2.21. The highest BCUT2D eigenvalue weighted by atomic mass is 32.1. The Labute approximate surface area is 182 Å². The number of hydrogen-bond acceptors (Lipinski definition) is 5. The van der Waals surface area contributed by atoms with Crippen LogP contribution in [0.1, 0.15) is 45.7 Å². The van der Waals surface area contributed by atoms with Crippen molar-refractivity contribution in [2.45, 2.75) is 40.0 Å². The molecule has 0 atom stereocenters. The van der Waals surface area contributed by atoms with Crippen LogP contribution >= 0.6 is 12.2 Å². The fraction of sp³-hybridized carbons (Fsp3) is 0.348. The van der Waals surface area contributed by atoms with E-state index in [0.29, 0.717) is 16.2 Å². The third-order valence-electron chi connectivity index (χ3n) is 5.11. The number of H-pyrrole nitrogens is 1.